The Morgan fingerprint density at radius 1 is 1.33 bits per heavy atom. The standard InChI is InChI=1S/C13H16N4O/c1-18-13-8-14-6-12(13)16-11-7-15-17-10-5-3-2-4-9(10)11/h2-5,7,12-14H,6,8H2,1H3,(H,16,17)/t12?,13-/m0/s1. The number of fused-ring (bicyclic) bond motifs is 1. The Labute approximate surface area is 106 Å². The number of aromatic nitrogens is 2. The highest BCUT2D eigenvalue weighted by atomic mass is 16.5. The lowest BCUT2D eigenvalue weighted by molar-refractivity contribution is 0.112. The molecule has 1 aliphatic heterocycles. The molecular formula is C13H16N4O. The number of rotatable bonds is 3. The predicted molar refractivity (Wildman–Crippen MR) is 70.6 cm³/mol. The van der Waals surface area contributed by atoms with Crippen molar-refractivity contribution in [3.8, 4) is 0 Å². The summed E-state index contributed by atoms with van der Waals surface area (Å²) in [5.41, 5.74) is 1.92. The highest BCUT2D eigenvalue weighted by Crippen LogP contribution is 2.22. The van der Waals surface area contributed by atoms with Crippen molar-refractivity contribution in [2.75, 3.05) is 25.5 Å². The maximum atomic E-state index is 5.45. The summed E-state index contributed by atoms with van der Waals surface area (Å²) < 4.78 is 5.45. The van der Waals surface area contributed by atoms with Gasteiger partial charge in [0.2, 0.25) is 0 Å². The van der Waals surface area contributed by atoms with E-state index in [-0.39, 0.29) is 12.1 Å². The highest BCUT2D eigenvalue weighted by Gasteiger charge is 2.27. The lowest BCUT2D eigenvalue weighted by atomic mass is 10.1. The normalized spacial score (nSPS) is 23.4. The molecule has 5 heteroatoms. The fourth-order valence-electron chi connectivity index (χ4n) is 2.37. The Bertz CT molecular complexity index is 540. The Balaban J connectivity index is 1.90. The van der Waals surface area contributed by atoms with E-state index in [1.54, 1.807) is 13.3 Å². The smallest absolute Gasteiger partial charge is 0.0950 e. The minimum Gasteiger partial charge on any atom is -0.378 e. The van der Waals surface area contributed by atoms with Crippen molar-refractivity contribution in [2.24, 2.45) is 0 Å². The van der Waals surface area contributed by atoms with E-state index in [1.165, 1.54) is 0 Å². The first-order valence-electron chi connectivity index (χ1n) is 6.09. The van der Waals surface area contributed by atoms with Crippen LogP contribution in [0.1, 0.15) is 0 Å². The second-order valence-corrected chi connectivity index (χ2v) is 4.46. The van der Waals surface area contributed by atoms with E-state index >= 15 is 0 Å². The number of nitrogens with one attached hydrogen (secondary N) is 2. The molecule has 2 atom stereocenters. The van der Waals surface area contributed by atoms with Crippen molar-refractivity contribution in [1.82, 2.24) is 15.5 Å². The molecule has 3 rings (SSSR count). The molecule has 18 heavy (non-hydrogen) atoms. The van der Waals surface area contributed by atoms with Gasteiger partial charge in [-0.2, -0.15) is 10.2 Å². The Kier molecular flexibility index (Phi) is 3.08. The number of hydrogen-bond acceptors (Lipinski definition) is 5. The van der Waals surface area contributed by atoms with Crippen LogP contribution in [0.2, 0.25) is 0 Å². The topological polar surface area (TPSA) is 59.1 Å². The van der Waals surface area contributed by atoms with Crippen molar-refractivity contribution in [1.29, 1.82) is 0 Å². The fourth-order valence-corrected chi connectivity index (χ4v) is 2.37. The van der Waals surface area contributed by atoms with E-state index in [1.807, 2.05) is 18.2 Å². The Morgan fingerprint density at radius 3 is 3.11 bits per heavy atom. The van der Waals surface area contributed by atoms with Crippen molar-refractivity contribution in [2.45, 2.75) is 12.1 Å². The van der Waals surface area contributed by atoms with Crippen LogP contribution in [0.4, 0.5) is 5.69 Å². The SMILES string of the molecule is CO[C@H]1CNCC1Nc1cnnc2ccccc12. The number of ether oxygens (including phenoxy) is 1. The van der Waals surface area contributed by atoms with Crippen LogP contribution >= 0.6 is 0 Å². The first kappa shape index (κ1) is 11.4. The van der Waals surface area contributed by atoms with Gasteiger partial charge >= 0.3 is 0 Å². The quantitative estimate of drug-likeness (QED) is 0.844. The molecular weight excluding hydrogens is 228 g/mol. The van der Waals surface area contributed by atoms with Crippen LogP contribution in [-0.4, -0.2) is 42.5 Å². The molecule has 2 N–H and O–H groups in total. The molecule has 5 nitrogen and oxygen atoms in total. The van der Waals surface area contributed by atoms with Gasteiger partial charge in [0.05, 0.1) is 29.5 Å². The van der Waals surface area contributed by atoms with Gasteiger partial charge in [-0.05, 0) is 6.07 Å². The highest BCUT2D eigenvalue weighted by molar-refractivity contribution is 5.90. The van der Waals surface area contributed by atoms with E-state index in [0.717, 1.165) is 29.7 Å². The molecule has 1 saturated heterocycles. The Morgan fingerprint density at radius 2 is 2.22 bits per heavy atom. The third kappa shape index (κ3) is 2.02. The van der Waals surface area contributed by atoms with Crippen molar-refractivity contribution >= 4 is 16.6 Å². The zero-order valence-corrected chi connectivity index (χ0v) is 10.3. The molecule has 1 unspecified atom stereocenters. The number of anilines is 1. The molecule has 0 spiro atoms. The predicted octanol–water partition coefficient (Wildman–Crippen LogP) is 1.03. The fraction of sp³-hybridized carbons (Fsp3) is 0.385. The van der Waals surface area contributed by atoms with Crippen molar-refractivity contribution in [3.63, 3.8) is 0 Å². The third-order valence-electron chi connectivity index (χ3n) is 3.35. The van der Waals surface area contributed by atoms with E-state index in [0.29, 0.717) is 0 Å². The number of benzene rings is 1. The molecule has 0 radical (unpaired) electrons. The van der Waals surface area contributed by atoms with Gasteiger partial charge in [-0.3, -0.25) is 0 Å². The van der Waals surface area contributed by atoms with Crippen LogP contribution in [0.15, 0.2) is 30.5 Å². The van der Waals surface area contributed by atoms with Crippen LogP contribution in [0.25, 0.3) is 10.9 Å². The average Bonchev–Trinajstić information content (AvgIpc) is 2.86. The van der Waals surface area contributed by atoms with Crippen molar-refractivity contribution < 1.29 is 4.74 Å². The first-order chi connectivity index (χ1) is 8.88. The van der Waals surface area contributed by atoms with Gasteiger partial charge in [-0.1, -0.05) is 18.2 Å². The van der Waals surface area contributed by atoms with Crippen LogP contribution in [0.3, 0.4) is 0 Å². The molecule has 2 heterocycles. The third-order valence-corrected chi connectivity index (χ3v) is 3.35. The van der Waals surface area contributed by atoms with Gasteiger partial charge in [0.25, 0.3) is 0 Å². The summed E-state index contributed by atoms with van der Waals surface area (Å²) in [7, 11) is 1.75. The molecule has 1 aliphatic rings. The van der Waals surface area contributed by atoms with E-state index in [9.17, 15) is 0 Å². The van der Waals surface area contributed by atoms with Gasteiger partial charge in [-0.15, -0.1) is 0 Å². The lowest BCUT2D eigenvalue weighted by Crippen LogP contribution is -2.33. The number of nitrogens with zero attached hydrogens (tertiary/aromatic N) is 2. The molecule has 94 valence electrons. The maximum Gasteiger partial charge on any atom is 0.0950 e. The summed E-state index contributed by atoms with van der Waals surface area (Å²) >= 11 is 0. The maximum absolute atomic E-state index is 5.45. The summed E-state index contributed by atoms with van der Waals surface area (Å²) in [4.78, 5) is 0. The Hall–Kier alpha value is -1.72. The van der Waals surface area contributed by atoms with E-state index in [4.69, 9.17) is 4.74 Å². The second kappa shape index (κ2) is 4.88. The molecule has 2 aromatic rings. The minimum atomic E-state index is 0.192. The second-order valence-electron chi connectivity index (χ2n) is 4.46. The summed E-state index contributed by atoms with van der Waals surface area (Å²) in [5, 5.41) is 16.1. The summed E-state index contributed by atoms with van der Waals surface area (Å²) in [5.74, 6) is 0. The molecule has 0 amide bonds. The van der Waals surface area contributed by atoms with Gasteiger partial charge in [-0.25, -0.2) is 0 Å². The van der Waals surface area contributed by atoms with E-state index in [2.05, 4.69) is 26.9 Å². The van der Waals surface area contributed by atoms with Gasteiger partial charge < -0.3 is 15.4 Å². The van der Waals surface area contributed by atoms with E-state index < -0.39 is 0 Å². The average molecular weight is 244 g/mol. The van der Waals surface area contributed by atoms with Gasteiger partial charge in [0.15, 0.2) is 0 Å². The zero-order chi connectivity index (χ0) is 12.4. The molecule has 0 bridgehead atoms. The molecule has 1 aromatic heterocycles. The van der Waals surface area contributed by atoms with Crippen LogP contribution in [-0.2, 0) is 4.74 Å². The largest absolute Gasteiger partial charge is 0.378 e. The zero-order valence-electron chi connectivity index (χ0n) is 10.3. The van der Waals surface area contributed by atoms with Crippen molar-refractivity contribution in [3.05, 3.63) is 30.5 Å². The monoisotopic (exact) mass is 244 g/mol. The summed E-state index contributed by atoms with van der Waals surface area (Å²) in [6.45, 7) is 1.78. The minimum absolute atomic E-state index is 0.192. The first-order valence-corrected chi connectivity index (χ1v) is 6.09. The molecule has 1 aromatic carbocycles. The van der Waals surface area contributed by atoms with Gasteiger partial charge in [0, 0.05) is 25.6 Å². The summed E-state index contributed by atoms with van der Waals surface area (Å²) in [6, 6.07) is 8.26. The van der Waals surface area contributed by atoms with Crippen LogP contribution in [0.5, 0.6) is 0 Å². The van der Waals surface area contributed by atoms with Crippen LogP contribution in [0, 0.1) is 0 Å². The van der Waals surface area contributed by atoms with Crippen LogP contribution < -0.4 is 10.6 Å². The number of hydrogen-bond donors (Lipinski definition) is 2. The van der Waals surface area contributed by atoms with Gasteiger partial charge in [0.1, 0.15) is 0 Å². The summed E-state index contributed by atoms with van der Waals surface area (Å²) in [6.07, 6.45) is 1.96. The number of methoxy groups -OCH3 is 1. The molecule has 0 aliphatic carbocycles. The molecule has 0 saturated carbocycles. The lowest BCUT2D eigenvalue weighted by Gasteiger charge is -2.20. The molecule has 1 fully saturated rings.